The van der Waals surface area contributed by atoms with Gasteiger partial charge in [-0.25, -0.2) is 4.98 Å². The van der Waals surface area contributed by atoms with E-state index in [9.17, 15) is 14.7 Å². The van der Waals surface area contributed by atoms with Crippen LogP contribution in [-0.2, 0) is 15.1 Å². The number of hydrogen-bond acceptors (Lipinski definition) is 9. The third-order valence-electron chi connectivity index (χ3n) is 9.06. The molecule has 5 atom stereocenters. The first-order chi connectivity index (χ1) is 20.2. The van der Waals surface area contributed by atoms with Crippen molar-refractivity contribution in [1.82, 2.24) is 31.0 Å². The van der Waals surface area contributed by atoms with Gasteiger partial charge in [0.25, 0.3) is 5.91 Å². The number of aromatic nitrogens is 2. The minimum Gasteiger partial charge on any atom is -0.391 e. The van der Waals surface area contributed by atoms with E-state index < -0.39 is 17.7 Å². The van der Waals surface area contributed by atoms with Crippen LogP contribution in [0.5, 0.6) is 0 Å². The number of rotatable bonds is 8. The monoisotopic (exact) mass is 592 g/mol. The molecule has 3 saturated heterocycles. The van der Waals surface area contributed by atoms with Crippen molar-refractivity contribution < 1.29 is 19.2 Å². The molecule has 2 aromatic heterocycles. The minimum atomic E-state index is -1.09. The van der Waals surface area contributed by atoms with Gasteiger partial charge in [-0.05, 0) is 56.8 Å². The molecule has 0 radical (unpaired) electrons. The van der Waals surface area contributed by atoms with Crippen LogP contribution in [0.15, 0.2) is 40.4 Å². The molecule has 5 heterocycles. The number of carbonyl (C=O) groups excluding carboxylic acids is 2. The van der Waals surface area contributed by atoms with E-state index in [0.717, 1.165) is 53.3 Å². The van der Waals surface area contributed by atoms with Gasteiger partial charge in [-0.15, -0.1) is 11.3 Å². The van der Waals surface area contributed by atoms with E-state index in [1.807, 2.05) is 49.7 Å². The minimum absolute atomic E-state index is 0.0950. The second-order valence-electron chi connectivity index (χ2n) is 12.3. The summed E-state index contributed by atoms with van der Waals surface area (Å²) in [5.41, 5.74) is 4.66. The van der Waals surface area contributed by atoms with Crippen LogP contribution in [0, 0.1) is 12.8 Å². The average Bonchev–Trinajstić information content (AvgIpc) is 3.29. The highest BCUT2D eigenvalue weighted by molar-refractivity contribution is 7.13. The largest absolute Gasteiger partial charge is 0.391 e. The molecule has 0 bridgehead atoms. The van der Waals surface area contributed by atoms with Crippen molar-refractivity contribution in [2.45, 2.75) is 82.6 Å². The molecule has 1 unspecified atom stereocenters. The lowest BCUT2D eigenvalue weighted by molar-refractivity contribution is -0.141. The number of piperidine rings is 1. The Bertz CT molecular complexity index is 1430. The SMILES string of the molecule is Cc1ncsc1-c1ccc([C@H](C)NC(=O)[C@@H]2C[C@@H](O)CN2C(=O)[C@@]2(c3cc(C4CCNCC4)no3)NC2C(C)C)cc1. The summed E-state index contributed by atoms with van der Waals surface area (Å²) in [7, 11) is 0. The second-order valence-corrected chi connectivity index (χ2v) is 13.2. The smallest absolute Gasteiger partial charge is 0.253 e. The Hall–Kier alpha value is -3.12. The van der Waals surface area contributed by atoms with E-state index in [1.54, 1.807) is 11.3 Å². The van der Waals surface area contributed by atoms with E-state index in [-0.39, 0.29) is 42.8 Å². The highest BCUT2D eigenvalue weighted by Gasteiger charge is 2.67. The molecule has 0 spiro atoms. The third-order valence-corrected chi connectivity index (χ3v) is 10.0. The standard InChI is InChI=1S/C31H40N6O4S/c1-17(2)28-31(35-28,26-14-24(36-41-26)21-9-11-32-12-10-21)30(40)37-15-23(38)13-25(37)29(39)34-18(3)20-5-7-22(8-6-20)27-19(4)33-16-42-27/h5-8,14,16-18,21,23,25,28,32,35,38H,9-13,15H2,1-4H3,(H,34,39)/t18-,23+,25-,28?,31-/m0/s1. The van der Waals surface area contributed by atoms with Crippen molar-refractivity contribution in [1.29, 1.82) is 0 Å². The molecule has 3 fully saturated rings. The molecule has 3 aromatic rings. The predicted molar refractivity (Wildman–Crippen MR) is 160 cm³/mol. The number of aryl methyl sites for hydroxylation is 1. The molecule has 10 nitrogen and oxygen atoms in total. The summed E-state index contributed by atoms with van der Waals surface area (Å²) < 4.78 is 5.85. The average molecular weight is 593 g/mol. The number of β-amino-alcohol motifs (C(OH)–C–C–N with tert-alkyl or cyclic N) is 1. The van der Waals surface area contributed by atoms with E-state index in [2.05, 4.69) is 39.9 Å². The van der Waals surface area contributed by atoms with Crippen molar-refractivity contribution in [3.05, 3.63) is 58.6 Å². The molecule has 42 heavy (non-hydrogen) atoms. The number of amides is 2. The molecule has 6 rings (SSSR count). The zero-order chi connectivity index (χ0) is 29.6. The lowest BCUT2D eigenvalue weighted by Crippen LogP contribution is -2.51. The van der Waals surface area contributed by atoms with Crippen molar-refractivity contribution in [2.75, 3.05) is 19.6 Å². The van der Waals surface area contributed by atoms with Gasteiger partial charge in [-0.3, -0.25) is 14.9 Å². The van der Waals surface area contributed by atoms with Gasteiger partial charge >= 0.3 is 0 Å². The number of aliphatic hydroxyl groups excluding tert-OH is 1. The Morgan fingerprint density at radius 2 is 1.93 bits per heavy atom. The predicted octanol–water partition coefficient (Wildman–Crippen LogP) is 3.24. The summed E-state index contributed by atoms with van der Waals surface area (Å²) in [4.78, 5) is 34.9. The maximum absolute atomic E-state index is 14.3. The number of carbonyl (C=O) groups is 2. The second kappa shape index (κ2) is 11.5. The van der Waals surface area contributed by atoms with Crippen molar-refractivity contribution >= 4 is 23.2 Å². The maximum atomic E-state index is 14.3. The first kappa shape index (κ1) is 29.0. The fourth-order valence-corrected chi connectivity index (χ4v) is 7.40. The quantitative estimate of drug-likeness (QED) is 0.292. The molecule has 2 amide bonds. The summed E-state index contributed by atoms with van der Waals surface area (Å²) in [6, 6.07) is 8.80. The Morgan fingerprint density at radius 1 is 1.19 bits per heavy atom. The van der Waals surface area contributed by atoms with Crippen LogP contribution in [0.1, 0.15) is 74.7 Å². The first-order valence-corrected chi connectivity index (χ1v) is 15.8. The summed E-state index contributed by atoms with van der Waals surface area (Å²) in [5.74, 6) is 0.408. The normalized spacial score (nSPS) is 26.9. The maximum Gasteiger partial charge on any atom is 0.253 e. The topological polar surface area (TPSA) is 143 Å². The van der Waals surface area contributed by atoms with E-state index in [0.29, 0.717) is 11.7 Å². The lowest BCUT2D eigenvalue weighted by atomic mass is 9.90. The van der Waals surface area contributed by atoms with E-state index in [4.69, 9.17) is 4.52 Å². The van der Waals surface area contributed by atoms with Gasteiger partial charge < -0.3 is 25.2 Å². The summed E-state index contributed by atoms with van der Waals surface area (Å²) in [6.45, 7) is 10.00. The molecule has 224 valence electrons. The number of nitrogens with one attached hydrogen (secondary N) is 3. The molecule has 4 N–H and O–H groups in total. The highest BCUT2D eigenvalue weighted by Crippen LogP contribution is 2.46. The lowest BCUT2D eigenvalue weighted by Gasteiger charge is -2.28. The first-order valence-electron chi connectivity index (χ1n) is 14.9. The van der Waals surface area contributed by atoms with Crippen LogP contribution in [-0.4, -0.2) is 69.8 Å². The zero-order valence-corrected chi connectivity index (χ0v) is 25.4. The van der Waals surface area contributed by atoms with Gasteiger partial charge in [0, 0.05) is 31.0 Å². The number of likely N-dealkylation sites (tertiary alicyclic amines) is 1. The van der Waals surface area contributed by atoms with Gasteiger partial charge in [-0.2, -0.15) is 0 Å². The molecule has 3 aliphatic rings. The van der Waals surface area contributed by atoms with E-state index in [1.165, 1.54) is 4.90 Å². The summed E-state index contributed by atoms with van der Waals surface area (Å²) >= 11 is 1.60. The van der Waals surface area contributed by atoms with Crippen LogP contribution >= 0.6 is 11.3 Å². The Labute approximate surface area is 250 Å². The molecular weight excluding hydrogens is 552 g/mol. The Balaban J connectivity index is 1.19. The molecule has 1 aromatic carbocycles. The van der Waals surface area contributed by atoms with Gasteiger partial charge in [0.1, 0.15) is 6.04 Å². The third kappa shape index (κ3) is 5.27. The molecule has 0 saturated carbocycles. The summed E-state index contributed by atoms with van der Waals surface area (Å²) in [6.07, 6.45) is 1.35. The van der Waals surface area contributed by atoms with Gasteiger partial charge in [0.15, 0.2) is 11.3 Å². The number of benzene rings is 1. The van der Waals surface area contributed by atoms with Crippen LogP contribution in [0.4, 0.5) is 0 Å². The van der Waals surface area contributed by atoms with Crippen molar-refractivity contribution in [3.63, 3.8) is 0 Å². The molecule has 0 aliphatic carbocycles. The van der Waals surface area contributed by atoms with Gasteiger partial charge in [0.2, 0.25) is 5.91 Å². The van der Waals surface area contributed by atoms with Gasteiger partial charge in [-0.1, -0.05) is 43.3 Å². The number of nitrogens with zero attached hydrogens (tertiary/aromatic N) is 3. The highest BCUT2D eigenvalue weighted by atomic mass is 32.1. The molecule has 3 aliphatic heterocycles. The van der Waals surface area contributed by atoms with Crippen LogP contribution in [0.2, 0.25) is 0 Å². The number of aliphatic hydroxyl groups is 1. The number of hydrogen-bond donors (Lipinski definition) is 4. The molecular formula is C31H40N6O4S. The van der Waals surface area contributed by atoms with Crippen LogP contribution in [0.3, 0.4) is 0 Å². The zero-order valence-electron chi connectivity index (χ0n) is 24.6. The van der Waals surface area contributed by atoms with E-state index >= 15 is 0 Å². The van der Waals surface area contributed by atoms with Crippen LogP contribution < -0.4 is 16.0 Å². The van der Waals surface area contributed by atoms with Gasteiger partial charge in [0.05, 0.1) is 33.9 Å². The number of thiazole rings is 1. The summed E-state index contributed by atoms with van der Waals surface area (Å²) in [5, 5.41) is 24.9. The van der Waals surface area contributed by atoms with Crippen molar-refractivity contribution in [2.24, 2.45) is 5.92 Å². The Morgan fingerprint density at radius 3 is 2.57 bits per heavy atom. The molecule has 11 heteroatoms. The van der Waals surface area contributed by atoms with Crippen LogP contribution in [0.25, 0.3) is 10.4 Å². The van der Waals surface area contributed by atoms with Crippen molar-refractivity contribution in [3.8, 4) is 10.4 Å². The fourth-order valence-electron chi connectivity index (χ4n) is 6.59. The Kier molecular flexibility index (Phi) is 7.95. The fraction of sp³-hybridized carbons (Fsp3) is 0.548.